The Morgan fingerprint density at radius 3 is 1.57 bits per heavy atom. The molecule has 0 aromatic carbocycles. The van der Waals surface area contributed by atoms with Gasteiger partial charge in [-0.05, 0) is 32.1 Å². The van der Waals surface area contributed by atoms with Crippen LogP contribution in [0.25, 0.3) is 0 Å². The summed E-state index contributed by atoms with van der Waals surface area (Å²) in [5.41, 5.74) is 5.36. The Labute approximate surface area is 326 Å². The van der Waals surface area contributed by atoms with Gasteiger partial charge in [0.1, 0.15) is 0 Å². The maximum atomic E-state index is 12.8. The van der Waals surface area contributed by atoms with Crippen LogP contribution in [-0.2, 0) is 18.4 Å². The number of carbonyl (C=O) groups is 1. The molecule has 4 unspecified atom stereocenters. The van der Waals surface area contributed by atoms with Gasteiger partial charge in [-0.15, -0.1) is 0 Å². The van der Waals surface area contributed by atoms with Crippen molar-refractivity contribution >= 4 is 13.7 Å². The van der Waals surface area contributed by atoms with Crippen LogP contribution in [0.2, 0.25) is 0 Å². The van der Waals surface area contributed by atoms with E-state index in [2.05, 4.69) is 31.3 Å². The number of amides is 1. The largest absolute Gasteiger partial charge is 0.472 e. The first-order valence-electron chi connectivity index (χ1n) is 22.0. The molecule has 10 heteroatoms. The van der Waals surface area contributed by atoms with E-state index in [-0.39, 0.29) is 19.6 Å². The minimum atomic E-state index is -4.40. The molecule has 0 saturated carbocycles. The summed E-state index contributed by atoms with van der Waals surface area (Å²) in [4.78, 5) is 22.7. The van der Waals surface area contributed by atoms with E-state index in [1.165, 1.54) is 141 Å². The molecule has 4 atom stereocenters. The summed E-state index contributed by atoms with van der Waals surface area (Å²) in [5, 5.41) is 24.0. The maximum Gasteiger partial charge on any atom is 0.472 e. The Morgan fingerprint density at radius 1 is 0.642 bits per heavy atom. The molecule has 0 aliphatic rings. The minimum absolute atomic E-state index is 0.0459. The summed E-state index contributed by atoms with van der Waals surface area (Å²) >= 11 is 0. The number of hydrogen-bond acceptors (Lipinski definition) is 7. The summed E-state index contributed by atoms with van der Waals surface area (Å²) in [6, 6.07) is -0.995. The van der Waals surface area contributed by atoms with Crippen molar-refractivity contribution in [1.82, 2.24) is 5.32 Å². The van der Waals surface area contributed by atoms with Crippen LogP contribution < -0.4 is 11.1 Å². The molecular weight excluding hydrogens is 687 g/mol. The van der Waals surface area contributed by atoms with E-state index in [1.807, 2.05) is 6.08 Å². The van der Waals surface area contributed by atoms with Gasteiger partial charge in [-0.25, -0.2) is 4.57 Å². The quantitative estimate of drug-likeness (QED) is 0.0234. The van der Waals surface area contributed by atoms with Crippen LogP contribution >= 0.6 is 7.82 Å². The molecule has 0 rings (SSSR count). The molecule has 0 aromatic rings. The van der Waals surface area contributed by atoms with Crippen LogP contribution in [0.15, 0.2) is 24.3 Å². The number of aliphatic hydroxyl groups is 2. The number of carbonyl (C=O) groups excluding carboxylic acids is 1. The first kappa shape index (κ1) is 51.9. The second-order valence-electron chi connectivity index (χ2n) is 15.1. The van der Waals surface area contributed by atoms with Gasteiger partial charge in [0, 0.05) is 6.54 Å². The van der Waals surface area contributed by atoms with Crippen LogP contribution in [0.4, 0.5) is 0 Å². The number of allylic oxidation sites excluding steroid dienone is 3. The van der Waals surface area contributed by atoms with Crippen molar-refractivity contribution in [3.05, 3.63) is 24.3 Å². The Hall–Kier alpha value is -1.06. The zero-order chi connectivity index (χ0) is 39.1. The average Bonchev–Trinajstić information content (AvgIpc) is 3.13. The molecule has 0 heterocycles. The van der Waals surface area contributed by atoms with Gasteiger partial charge in [0.05, 0.1) is 37.9 Å². The predicted octanol–water partition coefficient (Wildman–Crippen LogP) is 11.1. The van der Waals surface area contributed by atoms with Gasteiger partial charge in [0.25, 0.3) is 0 Å². The number of phosphoric ester groups is 1. The number of rotatable bonds is 41. The van der Waals surface area contributed by atoms with Crippen LogP contribution in [0.1, 0.15) is 206 Å². The van der Waals surface area contributed by atoms with Crippen molar-refractivity contribution in [2.75, 3.05) is 19.8 Å². The molecule has 6 N–H and O–H groups in total. The smallest absolute Gasteiger partial charge is 0.393 e. The van der Waals surface area contributed by atoms with E-state index in [1.54, 1.807) is 6.08 Å². The van der Waals surface area contributed by atoms with Crippen molar-refractivity contribution in [2.45, 2.75) is 225 Å². The van der Waals surface area contributed by atoms with Gasteiger partial charge < -0.3 is 26.2 Å². The molecule has 1 amide bonds. The highest BCUT2D eigenvalue weighted by atomic mass is 31.2. The summed E-state index contributed by atoms with van der Waals surface area (Å²) in [6.07, 6.45) is 41.3. The molecule has 0 fully saturated rings. The van der Waals surface area contributed by atoms with Gasteiger partial charge >= 0.3 is 7.82 Å². The Kier molecular flexibility index (Phi) is 38.4. The lowest BCUT2D eigenvalue weighted by atomic mass is 10.0. The van der Waals surface area contributed by atoms with Crippen molar-refractivity contribution in [3.63, 3.8) is 0 Å². The molecule has 53 heavy (non-hydrogen) atoms. The fraction of sp³-hybridized carbons (Fsp3) is 0.884. The zero-order valence-corrected chi connectivity index (χ0v) is 35.3. The highest BCUT2D eigenvalue weighted by molar-refractivity contribution is 7.47. The van der Waals surface area contributed by atoms with Crippen LogP contribution in [-0.4, -0.2) is 59.0 Å². The Balaban J connectivity index is 4.31. The van der Waals surface area contributed by atoms with E-state index < -0.39 is 38.6 Å². The number of aliphatic hydroxyl groups excluding tert-OH is 2. The topological polar surface area (TPSA) is 151 Å². The van der Waals surface area contributed by atoms with Gasteiger partial charge in [-0.1, -0.05) is 192 Å². The molecule has 0 spiro atoms. The van der Waals surface area contributed by atoms with Gasteiger partial charge in [0.2, 0.25) is 5.91 Å². The number of nitrogens with two attached hydrogens (primary N) is 1. The highest BCUT2D eigenvalue weighted by Crippen LogP contribution is 2.43. The molecule has 9 nitrogen and oxygen atoms in total. The summed E-state index contributed by atoms with van der Waals surface area (Å²) in [7, 11) is -4.40. The van der Waals surface area contributed by atoms with Gasteiger partial charge in [-0.2, -0.15) is 0 Å². The SMILES string of the molecule is CCCCCCCCCCCCCCCCC/C=C/CC/C=C/C(O)C(COP(=O)(O)OCCN)NC(=O)CC(O)CCCCCCCCCCCC. The average molecular weight is 773 g/mol. The molecule has 0 aliphatic heterocycles. The van der Waals surface area contributed by atoms with Crippen LogP contribution in [0, 0.1) is 0 Å². The molecule has 314 valence electrons. The summed E-state index contributed by atoms with van der Waals surface area (Å²) in [5.74, 6) is -0.456. The van der Waals surface area contributed by atoms with Gasteiger partial charge in [0.15, 0.2) is 0 Å². The predicted molar refractivity (Wildman–Crippen MR) is 223 cm³/mol. The van der Waals surface area contributed by atoms with E-state index in [4.69, 9.17) is 14.8 Å². The molecule has 0 bridgehead atoms. The summed E-state index contributed by atoms with van der Waals surface area (Å²) < 4.78 is 22.0. The van der Waals surface area contributed by atoms with Crippen molar-refractivity contribution < 1.29 is 33.5 Å². The Bertz CT molecular complexity index is 904. The standard InChI is InChI=1S/C43H85N2O7P/c1-3-5-7-9-11-13-15-16-17-18-19-20-21-22-23-24-25-27-29-31-33-35-42(47)41(39-52-53(49,50)51-37-36-44)45-43(48)38-40(46)34-32-30-28-26-14-12-10-8-6-4-2/h25,27,33,35,40-42,46-47H,3-24,26,28-32,34,36-39,44H2,1-2H3,(H,45,48)(H,49,50)/b27-25+,35-33+. The minimum Gasteiger partial charge on any atom is -0.393 e. The van der Waals surface area contributed by atoms with Crippen molar-refractivity contribution in [1.29, 1.82) is 0 Å². The molecule has 0 aromatic heterocycles. The molecule has 0 aliphatic carbocycles. The zero-order valence-electron chi connectivity index (χ0n) is 34.4. The third kappa shape index (κ3) is 37.6. The lowest BCUT2D eigenvalue weighted by molar-refractivity contribution is -0.124. The fourth-order valence-electron chi connectivity index (χ4n) is 6.49. The second-order valence-corrected chi connectivity index (χ2v) is 16.5. The normalized spacial score (nSPS) is 14.9. The third-order valence-corrected chi connectivity index (χ3v) is 10.8. The van der Waals surface area contributed by atoms with Crippen LogP contribution in [0.5, 0.6) is 0 Å². The molecule has 0 radical (unpaired) electrons. The first-order valence-corrected chi connectivity index (χ1v) is 23.5. The molecular formula is C43H85N2O7P. The fourth-order valence-corrected chi connectivity index (χ4v) is 7.25. The lowest BCUT2D eigenvalue weighted by Gasteiger charge is -2.24. The highest BCUT2D eigenvalue weighted by Gasteiger charge is 2.27. The molecule has 0 saturated heterocycles. The van der Waals surface area contributed by atoms with Crippen molar-refractivity contribution in [3.8, 4) is 0 Å². The van der Waals surface area contributed by atoms with Crippen molar-refractivity contribution in [2.24, 2.45) is 5.73 Å². The number of hydrogen-bond donors (Lipinski definition) is 5. The number of phosphoric acid groups is 1. The number of nitrogens with one attached hydrogen (secondary N) is 1. The van der Waals surface area contributed by atoms with E-state index >= 15 is 0 Å². The van der Waals surface area contributed by atoms with E-state index in [0.717, 1.165) is 32.1 Å². The van der Waals surface area contributed by atoms with E-state index in [0.29, 0.717) is 12.8 Å². The van der Waals surface area contributed by atoms with Gasteiger partial charge in [-0.3, -0.25) is 13.8 Å². The lowest BCUT2D eigenvalue weighted by Crippen LogP contribution is -2.46. The second kappa shape index (κ2) is 39.2. The number of unbranched alkanes of at least 4 members (excludes halogenated alkanes) is 25. The summed E-state index contributed by atoms with van der Waals surface area (Å²) in [6.45, 7) is 3.94. The third-order valence-electron chi connectivity index (χ3n) is 9.83. The maximum absolute atomic E-state index is 12.8. The Morgan fingerprint density at radius 2 is 1.08 bits per heavy atom. The first-order chi connectivity index (χ1) is 25.8. The van der Waals surface area contributed by atoms with E-state index in [9.17, 15) is 24.5 Å². The monoisotopic (exact) mass is 773 g/mol. The van der Waals surface area contributed by atoms with Crippen LogP contribution in [0.3, 0.4) is 0 Å².